The van der Waals surface area contributed by atoms with Gasteiger partial charge in [-0.2, -0.15) is 0 Å². The van der Waals surface area contributed by atoms with Crippen molar-refractivity contribution in [3.63, 3.8) is 0 Å². The lowest BCUT2D eigenvalue weighted by Crippen LogP contribution is -2.16. The minimum Gasteiger partial charge on any atom is -0.497 e. The van der Waals surface area contributed by atoms with Crippen molar-refractivity contribution in [3.05, 3.63) is 46.5 Å². The monoisotopic (exact) mass is 445 g/mol. The Morgan fingerprint density at radius 1 is 0.906 bits per heavy atom. The first-order valence-electron chi connectivity index (χ1n) is 9.97. The molecule has 0 saturated heterocycles. The van der Waals surface area contributed by atoms with E-state index >= 15 is 4.39 Å². The smallest absolute Gasteiger partial charge is 0.355 e. The molecule has 0 aliphatic heterocycles. The van der Waals surface area contributed by atoms with Crippen molar-refractivity contribution in [1.82, 2.24) is 4.40 Å². The fraction of sp³-hybridized carbons (Fsp3) is 0.348. The van der Waals surface area contributed by atoms with Crippen LogP contribution in [0.25, 0.3) is 16.3 Å². The quantitative estimate of drug-likeness (QED) is 0.402. The Balaban J connectivity index is 2.72. The molecule has 0 fully saturated rings. The SMILES string of the molecule is CCCCc1c(F)c2ccc(OC)cc2c2c(C(=O)OC)c(C(=O)OC)c(C(=O)OC)n12. The summed E-state index contributed by atoms with van der Waals surface area (Å²) >= 11 is 0. The number of ether oxygens (including phenoxy) is 4. The number of aromatic nitrogens is 1. The number of hydrogen-bond acceptors (Lipinski definition) is 7. The van der Waals surface area contributed by atoms with Crippen LogP contribution in [-0.4, -0.2) is 50.7 Å². The van der Waals surface area contributed by atoms with Gasteiger partial charge in [0.05, 0.1) is 39.6 Å². The van der Waals surface area contributed by atoms with Gasteiger partial charge in [0, 0.05) is 10.8 Å². The topological polar surface area (TPSA) is 92.5 Å². The number of carbonyl (C=O) groups is 3. The molecule has 2 heterocycles. The molecule has 0 bridgehead atoms. The lowest BCUT2D eigenvalue weighted by atomic mass is 10.0. The number of methoxy groups -OCH3 is 4. The third-order valence-electron chi connectivity index (χ3n) is 5.34. The van der Waals surface area contributed by atoms with Gasteiger partial charge in [-0.15, -0.1) is 0 Å². The van der Waals surface area contributed by atoms with Crippen molar-refractivity contribution in [3.8, 4) is 5.75 Å². The van der Waals surface area contributed by atoms with Gasteiger partial charge in [-0.1, -0.05) is 13.3 Å². The average Bonchev–Trinajstić information content (AvgIpc) is 3.18. The van der Waals surface area contributed by atoms with E-state index in [2.05, 4.69) is 0 Å². The zero-order chi connectivity index (χ0) is 23.6. The summed E-state index contributed by atoms with van der Waals surface area (Å²) in [7, 11) is 4.84. The number of rotatable bonds is 7. The van der Waals surface area contributed by atoms with Crippen molar-refractivity contribution in [1.29, 1.82) is 0 Å². The minimum atomic E-state index is -0.951. The van der Waals surface area contributed by atoms with E-state index in [0.29, 0.717) is 12.2 Å². The van der Waals surface area contributed by atoms with Crippen LogP contribution in [-0.2, 0) is 20.6 Å². The van der Waals surface area contributed by atoms with E-state index in [-0.39, 0.29) is 45.2 Å². The van der Waals surface area contributed by atoms with E-state index < -0.39 is 23.7 Å². The molecule has 0 spiro atoms. The van der Waals surface area contributed by atoms with E-state index in [4.69, 9.17) is 18.9 Å². The number of carbonyl (C=O) groups excluding carboxylic acids is 3. The summed E-state index contributed by atoms with van der Waals surface area (Å²) in [6, 6.07) is 4.66. The summed E-state index contributed by atoms with van der Waals surface area (Å²) in [6.07, 6.45) is 1.61. The molecular weight excluding hydrogens is 421 g/mol. The fourth-order valence-corrected chi connectivity index (χ4v) is 3.85. The maximum absolute atomic E-state index is 15.8. The zero-order valence-corrected chi connectivity index (χ0v) is 18.5. The van der Waals surface area contributed by atoms with Crippen LogP contribution >= 0.6 is 0 Å². The summed E-state index contributed by atoms with van der Waals surface area (Å²) in [6.45, 7) is 1.94. The molecule has 32 heavy (non-hydrogen) atoms. The number of unbranched alkanes of at least 4 members (excludes halogenated alkanes) is 1. The van der Waals surface area contributed by atoms with Crippen molar-refractivity contribution in [2.24, 2.45) is 0 Å². The number of nitrogens with zero attached hydrogens (tertiary/aromatic N) is 1. The molecule has 1 aromatic carbocycles. The molecule has 2 aromatic heterocycles. The van der Waals surface area contributed by atoms with E-state index in [0.717, 1.165) is 27.8 Å². The van der Waals surface area contributed by atoms with Crippen LogP contribution in [0.2, 0.25) is 0 Å². The number of benzene rings is 1. The van der Waals surface area contributed by atoms with Crippen molar-refractivity contribution in [2.75, 3.05) is 28.4 Å². The largest absolute Gasteiger partial charge is 0.497 e. The second-order valence-electron chi connectivity index (χ2n) is 7.03. The van der Waals surface area contributed by atoms with Gasteiger partial charge in [0.1, 0.15) is 22.6 Å². The minimum absolute atomic E-state index is 0.138. The lowest BCUT2D eigenvalue weighted by Gasteiger charge is -2.15. The number of hydrogen-bond donors (Lipinski definition) is 0. The molecule has 0 amide bonds. The molecule has 3 rings (SSSR count). The van der Waals surface area contributed by atoms with Gasteiger partial charge in [-0.05, 0) is 31.0 Å². The molecule has 3 aromatic rings. The highest BCUT2D eigenvalue weighted by Gasteiger charge is 2.36. The third kappa shape index (κ3) is 3.53. The Labute approximate surface area is 183 Å². The maximum atomic E-state index is 15.8. The zero-order valence-electron chi connectivity index (χ0n) is 18.5. The Morgan fingerprint density at radius 3 is 2.09 bits per heavy atom. The standard InChI is InChI=1S/C23H24FNO7/c1-6-7-8-15-18(24)13-10-9-12(29-2)11-14(13)19-16(21(26)30-3)17(22(27)31-4)20(25(15)19)23(28)32-5/h9-11H,6-8H2,1-5H3. The second-order valence-corrected chi connectivity index (χ2v) is 7.03. The average molecular weight is 445 g/mol. The van der Waals surface area contributed by atoms with Gasteiger partial charge >= 0.3 is 17.9 Å². The molecule has 0 N–H and O–H groups in total. The number of pyridine rings is 1. The lowest BCUT2D eigenvalue weighted by molar-refractivity contribution is 0.0536. The number of halogens is 1. The van der Waals surface area contributed by atoms with Crippen LogP contribution in [0.5, 0.6) is 5.75 Å². The first-order chi connectivity index (χ1) is 15.4. The van der Waals surface area contributed by atoms with Gasteiger partial charge in [-0.25, -0.2) is 18.8 Å². The Morgan fingerprint density at radius 2 is 1.53 bits per heavy atom. The molecule has 170 valence electrons. The van der Waals surface area contributed by atoms with Gasteiger partial charge in [0.15, 0.2) is 5.82 Å². The van der Waals surface area contributed by atoms with E-state index in [1.807, 2.05) is 6.92 Å². The summed E-state index contributed by atoms with van der Waals surface area (Å²) in [5.41, 5.74) is -0.585. The molecule has 0 aliphatic carbocycles. The first kappa shape index (κ1) is 23.1. The molecule has 8 nitrogen and oxygen atoms in total. The van der Waals surface area contributed by atoms with Gasteiger partial charge < -0.3 is 23.3 Å². The van der Waals surface area contributed by atoms with Crippen LogP contribution in [0.15, 0.2) is 18.2 Å². The number of esters is 3. The number of fused-ring (bicyclic) bond motifs is 3. The normalized spacial score (nSPS) is 10.9. The van der Waals surface area contributed by atoms with Crippen molar-refractivity contribution in [2.45, 2.75) is 26.2 Å². The Hall–Kier alpha value is -3.62. The predicted molar refractivity (Wildman–Crippen MR) is 114 cm³/mol. The van der Waals surface area contributed by atoms with Crippen LogP contribution in [0.1, 0.15) is 56.7 Å². The third-order valence-corrected chi connectivity index (χ3v) is 5.34. The van der Waals surface area contributed by atoms with Crippen molar-refractivity contribution >= 4 is 34.2 Å². The highest BCUT2D eigenvalue weighted by molar-refractivity contribution is 6.19. The van der Waals surface area contributed by atoms with Crippen LogP contribution < -0.4 is 4.74 Å². The fourth-order valence-electron chi connectivity index (χ4n) is 3.85. The molecule has 0 aliphatic rings. The van der Waals surface area contributed by atoms with Gasteiger partial charge in [-0.3, -0.25) is 0 Å². The highest BCUT2D eigenvalue weighted by Crippen LogP contribution is 2.37. The van der Waals surface area contributed by atoms with Crippen LogP contribution in [0.4, 0.5) is 4.39 Å². The van der Waals surface area contributed by atoms with E-state index in [9.17, 15) is 14.4 Å². The molecule has 0 saturated carbocycles. The Bertz CT molecular complexity index is 1230. The summed E-state index contributed by atoms with van der Waals surface area (Å²) in [5, 5.41) is 0.475. The summed E-state index contributed by atoms with van der Waals surface area (Å²) in [4.78, 5) is 38.5. The predicted octanol–water partition coefficient (Wildman–Crippen LogP) is 3.94. The second kappa shape index (κ2) is 9.25. The summed E-state index contributed by atoms with van der Waals surface area (Å²) in [5.74, 6) is -2.93. The van der Waals surface area contributed by atoms with Crippen molar-refractivity contribution < 1.29 is 37.7 Å². The molecule has 9 heteroatoms. The van der Waals surface area contributed by atoms with Gasteiger partial charge in [0.25, 0.3) is 0 Å². The molecule has 0 atom stereocenters. The highest BCUT2D eigenvalue weighted by atomic mass is 19.1. The van der Waals surface area contributed by atoms with E-state index in [1.54, 1.807) is 6.07 Å². The van der Waals surface area contributed by atoms with E-state index in [1.165, 1.54) is 23.6 Å². The number of aryl methyl sites for hydroxylation is 1. The van der Waals surface area contributed by atoms with Crippen LogP contribution in [0, 0.1) is 5.82 Å². The maximum Gasteiger partial charge on any atom is 0.355 e. The molecule has 0 radical (unpaired) electrons. The first-order valence-corrected chi connectivity index (χ1v) is 9.97. The molecular formula is C23H24FNO7. The Kier molecular flexibility index (Phi) is 6.67. The van der Waals surface area contributed by atoms with Crippen LogP contribution in [0.3, 0.4) is 0 Å². The summed E-state index contributed by atoms with van der Waals surface area (Å²) < 4.78 is 37.0. The van der Waals surface area contributed by atoms with Gasteiger partial charge in [0.2, 0.25) is 0 Å². The molecule has 0 unspecified atom stereocenters.